The van der Waals surface area contributed by atoms with E-state index in [2.05, 4.69) is 16.0 Å². The first-order valence-corrected chi connectivity index (χ1v) is 12.0. The minimum atomic E-state index is -3.36. The van der Waals surface area contributed by atoms with Crippen molar-refractivity contribution in [2.75, 3.05) is 6.54 Å². The first-order valence-electron chi connectivity index (χ1n) is 12.0. The number of carbonyl (C=O) groups is 5. The van der Waals surface area contributed by atoms with Gasteiger partial charge in [-0.25, -0.2) is 0 Å². The molecule has 1 aliphatic rings. The molecule has 0 aliphatic carbocycles. The standard InChI is InChI=1S/C23H39F2N5O6/c1-11(2)9-15(20(33)28-14(18(26)31)10-13-7-8-27-19(13)32)29-21(34)16(30-22(35)17(24)25)12(3)36-23(4,5)6/h11-17H,7-10H2,1-6H3,(H2,26,31)(H,27,32)(H,28,33)(H,29,34)(H,30,35)/t12?,13?,14?,15-,16?/m0/s1. The molecule has 0 radical (unpaired) electrons. The third-order valence-corrected chi connectivity index (χ3v) is 5.47. The highest BCUT2D eigenvalue weighted by atomic mass is 19.3. The number of ether oxygens (including phenoxy) is 1. The maximum absolute atomic E-state index is 13.1. The van der Waals surface area contributed by atoms with Crippen LogP contribution in [0.25, 0.3) is 0 Å². The fraction of sp³-hybridized carbons (Fsp3) is 0.783. The number of nitrogens with two attached hydrogens (primary N) is 1. The monoisotopic (exact) mass is 519 g/mol. The summed E-state index contributed by atoms with van der Waals surface area (Å²) >= 11 is 0. The normalized spacial score (nSPS) is 19.3. The lowest BCUT2D eigenvalue weighted by Crippen LogP contribution is -2.60. The largest absolute Gasteiger partial charge is 0.370 e. The van der Waals surface area contributed by atoms with Gasteiger partial charge in [-0.2, -0.15) is 8.78 Å². The first-order chi connectivity index (χ1) is 16.5. The zero-order chi connectivity index (χ0) is 27.8. The summed E-state index contributed by atoms with van der Waals surface area (Å²) in [5.41, 5.74) is 4.67. The number of nitrogens with one attached hydrogen (secondary N) is 4. The van der Waals surface area contributed by atoms with Gasteiger partial charge in [-0.15, -0.1) is 0 Å². The minimum absolute atomic E-state index is 0.00121. The molecule has 36 heavy (non-hydrogen) atoms. The molecule has 0 saturated carbocycles. The summed E-state index contributed by atoms with van der Waals surface area (Å²) in [6, 6.07) is -3.86. The Morgan fingerprint density at radius 2 is 1.61 bits per heavy atom. The van der Waals surface area contributed by atoms with Gasteiger partial charge in [-0.05, 0) is 52.9 Å². The molecule has 1 aliphatic heterocycles. The maximum Gasteiger partial charge on any atom is 0.315 e. The van der Waals surface area contributed by atoms with Crippen molar-refractivity contribution >= 4 is 29.5 Å². The predicted octanol–water partition coefficient (Wildman–Crippen LogP) is -0.0329. The Morgan fingerprint density at radius 3 is 2.06 bits per heavy atom. The van der Waals surface area contributed by atoms with Gasteiger partial charge in [-0.3, -0.25) is 24.0 Å². The Morgan fingerprint density at radius 1 is 1.03 bits per heavy atom. The molecule has 13 heteroatoms. The molecule has 0 bridgehead atoms. The predicted molar refractivity (Wildman–Crippen MR) is 126 cm³/mol. The van der Waals surface area contributed by atoms with Gasteiger partial charge in [0, 0.05) is 12.5 Å². The van der Waals surface area contributed by atoms with Crippen molar-refractivity contribution in [3.8, 4) is 0 Å². The number of primary amides is 1. The van der Waals surface area contributed by atoms with Gasteiger partial charge < -0.3 is 31.7 Å². The molecule has 0 aromatic rings. The lowest BCUT2D eigenvalue weighted by atomic mass is 9.96. The van der Waals surface area contributed by atoms with E-state index in [1.165, 1.54) is 6.92 Å². The van der Waals surface area contributed by atoms with E-state index in [9.17, 15) is 32.8 Å². The zero-order valence-electron chi connectivity index (χ0n) is 21.7. The Bertz CT molecular complexity index is 817. The van der Waals surface area contributed by atoms with Crippen LogP contribution in [0.1, 0.15) is 60.8 Å². The van der Waals surface area contributed by atoms with Gasteiger partial charge in [0.2, 0.25) is 23.6 Å². The van der Waals surface area contributed by atoms with E-state index in [4.69, 9.17) is 10.5 Å². The van der Waals surface area contributed by atoms with E-state index in [1.807, 2.05) is 5.32 Å². The summed E-state index contributed by atoms with van der Waals surface area (Å²) in [6.45, 7) is 10.6. The molecule has 5 atom stereocenters. The number of amides is 5. The molecule has 4 unspecified atom stereocenters. The Kier molecular flexibility index (Phi) is 11.7. The summed E-state index contributed by atoms with van der Waals surface area (Å²) in [7, 11) is 0. The van der Waals surface area contributed by atoms with Gasteiger partial charge in [0.25, 0.3) is 5.91 Å². The molecule has 5 amide bonds. The number of hydrogen-bond acceptors (Lipinski definition) is 6. The molecule has 1 rings (SSSR count). The van der Waals surface area contributed by atoms with Crippen molar-refractivity contribution in [3.63, 3.8) is 0 Å². The van der Waals surface area contributed by atoms with Crippen molar-refractivity contribution in [3.05, 3.63) is 0 Å². The van der Waals surface area contributed by atoms with Crippen LogP contribution in [0, 0.1) is 11.8 Å². The lowest BCUT2D eigenvalue weighted by molar-refractivity contribution is -0.143. The smallest absolute Gasteiger partial charge is 0.315 e. The van der Waals surface area contributed by atoms with Crippen LogP contribution >= 0.6 is 0 Å². The number of hydrogen-bond donors (Lipinski definition) is 5. The summed E-state index contributed by atoms with van der Waals surface area (Å²) in [6.07, 6.45) is -3.76. The van der Waals surface area contributed by atoms with Crippen LogP contribution in [0.5, 0.6) is 0 Å². The highest BCUT2D eigenvalue weighted by Gasteiger charge is 2.36. The molecular formula is C23H39F2N5O6. The third kappa shape index (κ3) is 10.4. The van der Waals surface area contributed by atoms with Crippen molar-refractivity contribution < 1.29 is 37.5 Å². The summed E-state index contributed by atoms with van der Waals surface area (Å²) < 4.78 is 31.5. The molecule has 0 spiro atoms. The lowest BCUT2D eigenvalue weighted by Gasteiger charge is -2.32. The Hall–Kier alpha value is -2.83. The van der Waals surface area contributed by atoms with Gasteiger partial charge >= 0.3 is 6.43 Å². The summed E-state index contributed by atoms with van der Waals surface area (Å²) in [4.78, 5) is 61.7. The Balaban J connectivity index is 3.07. The number of carbonyl (C=O) groups excluding carboxylic acids is 5. The molecule has 206 valence electrons. The number of rotatable bonds is 13. The van der Waals surface area contributed by atoms with E-state index in [0.29, 0.717) is 13.0 Å². The van der Waals surface area contributed by atoms with E-state index >= 15 is 0 Å². The molecule has 6 N–H and O–H groups in total. The van der Waals surface area contributed by atoms with Crippen LogP contribution in [0.15, 0.2) is 0 Å². The summed E-state index contributed by atoms with van der Waals surface area (Å²) in [5, 5.41) is 9.59. The Labute approximate surface area is 210 Å². The first kappa shape index (κ1) is 31.2. The van der Waals surface area contributed by atoms with Gasteiger partial charge in [0.15, 0.2) is 0 Å². The fourth-order valence-electron chi connectivity index (χ4n) is 3.88. The molecule has 0 aromatic heterocycles. The van der Waals surface area contributed by atoms with E-state index in [-0.39, 0.29) is 24.7 Å². The second-order valence-corrected chi connectivity index (χ2v) is 10.4. The van der Waals surface area contributed by atoms with Crippen LogP contribution in [0.3, 0.4) is 0 Å². The van der Waals surface area contributed by atoms with Crippen LogP contribution in [-0.2, 0) is 28.7 Å². The van der Waals surface area contributed by atoms with Gasteiger partial charge in [-0.1, -0.05) is 13.8 Å². The molecule has 1 saturated heterocycles. The average Bonchev–Trinajstić information content (AvgIpc) is 3.13. The van der Waals surface area contributed by atoms with Crippen LogP contribution in [0.4, 0.5) is 8.78 Å². The molecule has 1 fully saturated rings. The zero-order valence-corrected chi connectivity index (χ0v) is 21.7. The number of alkyl halides is 2. The van der Waals surface area contributed by atoms with Gasteiger partial charge in [0.05, 0.1) is 11.7 Å². The third-order valence-electron chi connectivity index (χ3n) is 5.47. The van der Waals surface area contributed by atoms with Crippen LogP contribution < -0.4 is 27.0 Å². The topological polar surface area (TPSA) is 169 Å². The second kappa shape index (κ2) is 13.5. The van der Waals surface area contributed by atoms with E-state index in [1.54, 1.807) is 34.6 Å². The summed E-state index contributed by atoms with van der Waals surface area (Å²) in [5.74, 6) is -4.97. The molecule has 0 aromatic carbocycles. The highest BCUT2D eigenvalue weighted by molar-refractivity contribution is 5.94. The second-order valence-electron chi connectivity index (χ2n) is 10.4. The van der Waals surface area contributed by atoms with Gasteiger partial charge in [0.1, 0.15) is 18.1 Å². The highest BCUT2D eigenvalue weighted by Crippen LogP contribution is 2.17. The average molecular weight is 520 g/mol. The number of halogens is 2. The van der Waals surface area contributed by atoms with Crippen molar-refractivity contribution in [1.82, 2.24) is 21.3 Å². The SMILES string of the molecule is CC(C)C[C@H](NC(=O)C(NC(=O)C(F)F)C(C)OC(C)(C)C)C(=O)NC(CC1CCNC1=O)C(N)=O. The quantitative estimate of drug-likeness (QED) is 0.229. The minimum Gasteiger partial charge on any atom is -0.370 e. The fourth-order valence-corrected chi connectivity index (χ4v) is 3.88. The maximum atomic E-state index is 13.1. The molecular weight excluding hydrogens is 480 g/mol. The van der Waals surface area contributed by atoms with Crippen molar-refractivity contribution in [2.45, 2.75) is 97.1 Å². The van der Waals surface area contributed by atoms with Crippen LogP contribution in [0.2, 0.25) is 0 Å². The van der Waals surface area contributed by atoms with E-state index < -0.39 is 65.8 Å². The van der Waals surface area contributed by atoms with Crippen LogP contribution in [-0.4, -0.2) is 72.3 Å². The van der Waals surface area contributed by atoms with Crippen molar-refractivity contribution in [1.29, 1.82) is 0 Å². The molecule has 1 heterocycles. The van der Waals surface area contributed by atoms with E-state index in [0.717, 1.165) is 0 Å². The molecule has 11 nitrogen and oxygen atoms in total. The van der Waals surface area contributed by atoms with Crippen molar-refractivity contribution in [2.24, 2.45) is 17.6 Å².